The van der Waals surface area contributed by atoms with Gasteiger partial charge in [0.2, 0.25) is 21.8 Å². The normalized spacial score (nSPS) is 11.7. The Kier molecular flexibility index (Phi) is 8.36. The lowest BCUT2D eigenvalue weighted by Gasteiger charge is -2.19. The second-order valence-electron chi connectivity index (χ2n) is 8.26. The number of anilines is 1. The first-order valence-electron chi connectivity index (χ1n) is 10.3. The Morgan fingerprint density at radius 3 is 2.19 bits per heavy atom. The molecule has 0 fully saturated rings. The van der Waals surface area contributed by atoms with Crippen molar-refractivity contribution in [3.05, 3.63) is 59.7 Å². The summed E-state index contributed by atoms with van der Waals surface area (Å²) in [6, 6.07) is 14.2. The summed E-state index contributed by atoms with van der Waals surface area (Å²) in [6.45, 7) is 7.91. The fraction of sp³-hybridized carbons (Fsp3) is 0.391. The minimum Gasteiger partial charge on any atom is -0.347 e. The number of hydrogen-bond acceptors (Lipinski definition) is 4. The summed E-state index contributed by atoms with van der Waals surface area (Å²) in [5.74, 6) is -0.751. The van der Waals surface area contributed by atoms with Crippen LogP contribution in [0.4, 0.5) is 5.69 Å². The van der Waals surface area contributed by atoms with Crippen LogP contribution in [0.2, 0.25) is 0 Å². The number of benzene rings is 2. The zero-order valence-corrected chi connectivity index (χ0v) is 19.3. The van der Waals surface area contributed by atoms with Gasteiger partial charge in [0.05, 0.1) is 11.4 Å². The molecule has 0 aliphatic heterocycles. The van der Waals surface area contributed by atoms with Gasteiger partial charge in [-0.05, 0) is 41.2 Å². The quantitative estimate of drug-likeness (QED) is 0.552. The van der Waals surface area contributed by atoms with Gasteiger partial charge in [0.15, 0.2) is 0 Å². The molecule has 31 heavy (non-hydrogen) atoms. The maximum atomic E-state index is 12.4. The standard InChI is InChI=1S/C23H31N3O4S/c1-5-17-8-6-7-9-20(17)26-22(28)16-24-21(27)14-15-25-31(29,30)19-12-10-18(11-13-19)23(2,3)4/h6-13,25H,5,14-16H2,1-4H3,(H,24,27)(H,26,28). The molecular weight excluding hydrogens is 414 g/mol. The van der Waals surface area contributed by atoms with Crippen LogP contribution in [0.25, 0.3) is 0 Å². The van der Waals surface area contributed by atoms with E-state index in [9.17, 15) is 18.0 Å². The van der Waals surface area contributed by atoms with Crippen molar-refractivity contribution in [3.8, 4) is 0 Å². The van der Waals surface area contributed by atoms with Gasteiger partial charge in [0.25, 0.3) is 0 Å². The van der Waals surface area contributed by atoms with Crippen molar-refractivity contribution in [1.82, 2.24) is 10.0 Å². The van der Waals surface area contributed by atoms with E-state index in [0.29, 0.717) is 0 Å². The fourth-order valence-electron chi connectivity index (χ4n) is 2.93. The van der Waals surface area contributed by atoms with Crippen LogP contribution in [0, 0.1) is 0 Å². The minimum atomic E-state index is -3.71. The molecular formula is C23H31N3O4S. The molecule has 7 nitrogen and oxygen atoms in total. The van der Waals surface area contributed by atoms with Crippen molar-refractivity contribution in [3.63, 3.8) is 0 Å². The summed E-state index contributed by atoms with van der Waals surface area (Å²) in [6.07, 6.45) is 0.708. The molecule has 0 radical (unpaired) electrons. The second kappa shape index (κ2) is 10.5. The molecule has 2 aromatic rings. The Bertz CT molecular complexity index is 1010. The van der Waals surface area contributed by atoms with E-state index in [0.717, 1.165) is 23.2 Å². The van der Waals surface area contributed by atoms with Crippen LogP contribution < -0.4 is 15.4 Å². The number of hydrogen-bond donors (Lipinski definition) is 3. The summed E-state index contributed by atoms with van der Waals surface area (Å²) in [5, 5.41) is 5.27. The molecule has 0 bridgehead atoms. The highest BCUT2D eigenvalue weighted by molar-refractivity contribution is 7.89. The third kappa shape index (κ3) is 7.48. The predicted molar refractivity (Wildman–Crippen MR) is 122 cm³/mol. The van der Waals surface area contributed by atoms with E-state index in [-0.39, 0.29) is 35.7 Å². The van der Waals surface area contributed by atoms with Crippen molar-refractivity contribution in [2.75, 3.05) is 18.4 Å². The molecule has 0 aliphatic rings. The van der Waals surface area contributed by atoms with Crippen molar-refractivity contribution >= 4 is 27.5 Å². The molecule has 0 saturated carbocycles. The zero-order valence-electron chi connectivity index (χ0n) is 18.5. The number of carbonyl (C=O) groups excluding carboxylic acids is 2. The van der Waals surface area contributed by atoms with Gasteiger partial charge in [-0.15, -0.1) is 0 Å². The predicted octanol–water partition coefficient (Wildman–Crippen LogP) is 2.97. The van der Waals surface area contributed by atoms with Gasteiger partial charge in [-0.2, -0.15) is 0 Å². The van der Waals surface area contributed by atoms with Crippen LogP contribution in [-0.4, -0.2) is 33.3 Å². The van der Waals surface area contributed by atoms with Crippen LogP contribution >= 0.6 is 0 Å². The van der Waals surface area contributed by atoms with Gasteiger partial charge in [0, 0.05) is 18.7 Å². The molecule has 0 saturated heterocycles. The highest BCUT2D eigenvalue weighted by Crippen LogP contribution is 2.23. The molecule has 0 unspecified atom stereocenters. The number of nitrogens with one attached hydrogen (secondary N) is 3. The molecule has 2 rings (SSSR count). The molecule has 168 valence electrons. The highest BCUT2D eigenvalue weighted by Gasteiger charge is 2.18. The monoisotopic (exact) mass is 445 g/mol. The third-order valence-corrected chi connectivity index (χ3v) is 6.27. The van der Waals surface area contributed by atoms with Gasteiger partial charge >= 0.3 is 0 Å². The molecule has 0 heterocycles. The molecule has 0 aromatic heterocycles. The smallest absolute Gasteiger partial charge is 0.243 e. The lowest BCUT2D eigenvalue weighted by molar-refractivity contribution is -0.124. The van der Waals surface area contributed by atoms with E-state index in [1.165, 1.54) is 0 Å². The van der Waals surface area contributed by atoms with E-state index in [1.807, 2.05) is 25.1 Å². The summed E-state index contributed by atoms with van der Waals surface area (Å²) >= 11 is 0. The van der Waals surface area contributed by atoms with E-state index in [4.69, 9.17) is 0 Å². The van der Waals surface area contributed by atoms with Crippen LogP contribution in [-0.2, 0) is 31.4 Å². The van der Waals surface area contributed by atoms with Crippen LogP contribution in [0.15, 0.2) is 53.4 Å². The summed E-state index contributed by atoms with van der Waals surface area (Å²) in [7, 11) is -3.71. The summed E-state index contributed by atoms with van der Waals surface area (Å²) < 4.78 is 27.2. The van der Waals surface area contributed by atoms with E-state index >= 15 is 0 Å². The second-order valence-corrected chi connectivity index (χ2v) is 10.0. The van der Waals surface area contributed by atoms with Gasteiger partial charge in [0.1, 0.15) is 0 Å². The van der Waals surface area contributed by atoms with E-state index in [2.05, 4.69) is 36.1 Å². The van der Waals surface area contributed by atoms with Gasteiger partial charge < -0.3 is 10.6 Å². The lowest BCUT2D eigenvalue weighted by Crippen LogP contribution is -2.35. The Morgan fingerprint density at radius 2 is 1.58 bits per heavy atom. The molecule has 0 atom stereocenters. The number of aryl methyl sites for hydroxylation is 1. The molecule has 2 amide bonds. The Labute approximate surface area is 184 Å². The molecule has 8 heteroatoms. The topological polar surface area (TPSA) is 104 Å². The average Bonchev–Trinajstić information content (AvgIpc) is 2.72. The van der Waals surface area contributed by atoms with Gasteiger partial charge in [-0.25, -0.2) is 13.1 Å². The maximum absolute atomic E-state index is 12.4. The molecule has 3 N–H and O–H groups in total. The van der Waals surface area contributed by atoms with Crippen LogP contribution in [0.3, 0.4) is 0 Å². The minimum absolute atomic E-state index is 0.0600. The average molecular weight is 446 g/mol. The highest BCUT2D eigenvalue weighted by atomic mass is 32.2. The van der Waals surface area contributed by atoms with Gasteiger partial charge in [-0.3, -0.25) is 9.59 Å². The van der Waals surface area contributed by atoms with E-state index in [1.54, 1.807) is 30.3 Å². The SMILES string of the molecule is CCc1ccccc1NC(=O)CNC(=O)CCNS(=O)(=O)c1ccc(C(C)(C)C)cc1. The molecule has 2 aromatic carbocycles. The van der Waals surface area contributed by atoms with Crippen molar-refractivity contribution < 1.29 is 18.0 Å². The largest absolute Gasteiger partial charge is 0.347 e. The maximum Gasteiger partial charge on any atom is 0.243 e. The number of amides is 2. The number of carbonyl (C=O) groups is 2. The first kappa shape index (κ1) is 24.6. The Hall–Kier alpha value is -2.71. The molecule has 0 aliphatic carbocycles. The Morgan fingerprint density at radius 1 is 0.935 bits per heavy atom. The fourth-order valence-corrected chi connectivity index (χ4v) is 3.96. The zero-order chi connectivity index (χ0) is 23.1. The third-order valence-electron chi connectivity index (χ3n) is 4.79. The van der Waals surface area contributed by atoms with Gasteiger partial charge in [-0.1, -0.05) is 58.0 Å². The first-order chi connectivity index (χ1) is 14.5. The van der Waals surface area contributed by atoms with Crippen LogP contribution in [0.5, 0.6) is 0 Å². The van der Waals surface area contributed by atoms with Crippen LogP contribution in [0.1, 0.15) is 45.2 Å². The first-order valence-corrected chi connectivity index (χ1v) is 11.8. The number of para-hydroxylation sites is 1. The summed E-state index contributed by atoms with van der Waals surface area (Å²) in [4.78, 5) is 24.2. The Balaban J connectivity index is 1.78. The number of rotatable bonds is 9. The van der Waals surface area contributed by atoms with Crippen molar-refractivity contribution in [1.29, 1.82) is 0 Å². The van der Waals surface area contributed by atoms with Crippen molar-refractivity contribution in [2.24, 2.45) is 0 Å². The van der Waals surface area contributed by atoms with E-state index < -0.39 is 15.9 Å². The molecule has 0 spiro atoms. The van der Waals surface area contributed by atoms with Crippen molar-refractivity contribution in [2.45, 2.75) is 50.8 Å². The lowest BCUT2D eigenvalue weighted by atomic mass is 9.87. The summed E-state index contributed by atoms with van der Waals surface area (Å²) in [5.41, 5.74) is 2.69. The number of sulfonamides is 1.